The van der Waals surface area contributed by atoms with E-state index < -0.39 is 121 Å². The van der Waals surface area contributed by atoms with Gasteiger partial charge >= 0.3 is 71.5 Å². The standard InChI is InChI=1S/C63H74F21NO9/c1-38(19-12-11-17-33-91-51(86)53(5,6)7)49(93-37-44-28-31-47(88-8)48(35-44)89-9)39(2)20-15-16-23-46(41(4)50(94-52(85)87)40(3)24-25-42-21-13-10-14-22-42)92-36-43-26-29-45(30-27-43)90-34-18-32-54(64,65)55(66,67)56(68,69)57(70,71)58(72,73)59(74,75)60(76,77)61(78,79)62(80,81)63(82,83)84/h10,12-15,19-22,24-31,35,38-41,46,49-50H,11,16-18,23,32-34,36-37H2,1-9H3,(H2,85,87)/b19-12-,20-15-,25-24-/t38-,39-,40-,41-,46+,49-,50-/m0/s1. The number of benzene rings is 3. The van der Waals surface area contributed by atoms with Crippen molar-refractivity contribution < 1.29 is 135 Å². The molecule has 3 aromatic carbocycles. The van der Waals surface area contributed by atoms with Crippen LogP contribution in [0.1, 0.15) is 104 Å². The molecule has 1 amide bonds. The van der Waals surface area contributed by atoms with Gasteiger partial charge in [-0.15, -0.1) is 0 Å². The first-order chi connectivity index (χ1) is 43.1. The number of primary amides is 1. The molecule has 0 heterocycles. The van der Waals surface area contributed by atoms with Crippen molar-refractivity contribution in [1.82, 2.24) is 0 Å². The summed E-state index contributed by atoms with van der Waals surface area (Å²) in [6, 6.07) is 19.3. The number of rotatable bonds is 38. The van der Waals surface area contributed by atoms with Gasteiger partial charge in [-0.3, -0.25) is 4.79 Å². The monoisotopic (exact) mass is 1390 g/mol. The van der Waals surface area contributed by atoms with Crippen LogP contribution in [0.4, 0.5) is 97.0 Å². The second kappa shape index (κ2) is 32.5. The van der Waals surface area contributed by atoms with Crippen molar-refractivity contribution in [2.45, 2.75) is 178 Å². The van der Waals surface area contributed by atoms with E-state index in [2.05, 4.69) is 0 Å². The molecule has 0 spiro atoms. The van der Waals surface area contributed by atoms with E-state index in [0.717, 1.165) is 23.3 Å². The van der Waals surface area contributed by atoms with Gasteiger partial charge in [-0.1, -0.05) is 113 Å². The highest BCUT2D eigenvalue weighted by molar-refractivity contribution is 5.75. The fraction of sp³-hybridized carbons (Fsp3) is 0.587. The first-order valence-corrected chi connectivity index (χ1v) is 28.9. The number of allylic oxidation sites excluding steroid dienone is 2. The molecule has 31 heteroatoms. The van der Waals surface area contributed by atoms with Crippen LogP contribution in [-0.4, -0.2) is 117 Å². The van der Waals surface area contributed by atoms with Gasteiger partial charge in [0.05, 0.1) is 58.3 Å². The molecule has 0 fully saturated rings. The number of hydrogen-bond donors (Lipinski definition) is 1. The van der Waals surface area contributed by atoms with Crippen LogP contribution in [0.3, 0.4) is 0 Å². The lowest BCUT2D eigenvalue weighted by Gasteiger charge is -2.44. The second-order valence-electron chi connectivity index (χ2n) is 23.3. The minimum Gasteiger partial charge on any atom is -0.494 e. The molecular formula is C63H74F21NO9. The summed E-state index contributed by atoms with van der Waals surface area (Å²) < 4.78 is 332. The van der Waals surface area contributed by atoms with Gasteiger partial charge in [0.2, 0.25) is 0 Å². The third kappa shape index (κ3) is 19.1. The number of ether oxygens (including phenoxy) is 7. The van der Waals surface area contributed by atoms with Gasteiger partial charge in [0.1, 0.15) is 11.9 Å². The fourth-order valence-corrected chi connectivity index (χ4v) is 9.22. The van der Waals surface area contributed by atoms with Crippen molar-refractivity contribution in [3.05, 3.63) is 120 Å². The smallest absolute Gasteiger partial charge is 0.460 e. The average molecular weight is 1390 g/mol. The lowest BCUT2D eigenvalue weighted by Crippen LogP contribution is -2.76. The minimum atomic E-state index is -9.25. The summed E-state index contributed by atoms with van der Waals surface area (Å²) in [5, 5.41) is 0. The van der Waals surface area contributed by atoms with Crippen molar-refractivity contribution in [3.8, 4) is 17.2 Å². The lowest BCUT2D eigenvalue weighted by molar-refractivity contribution is -0.474. The van der Waals surface area contributed by atoms with E-state index in [-0.39, 0.29) is 49.8 Å². The van der Waals surface area contributed by atoms with E-state index in [0.29, 0.717) is 36.3 Å². The summed E-state index contributed by atoms with van der Waals surface area (Å²) >= 11 is 0. The van der Waals surface area contributed by atoms with Gasteiger partial charge in [-0.25, -0.2) is 4.79 Å². The molecule has 532 valence electrons. The quantitative estimate of drug-likeness (QED) is 0.0258. The Labute approximate surface area is 529 Å². The Hall–Kier alpha value is -6.53. The number of nitrogens with two attached hydrogens (primary N) is 1. The normalized spacial score (nSPS) is 16.2. The summed E-state index contributed by atoms with van der Waals surface area (Å²) in [5.74, 6) is -78.7. The number of unbranched alkanes of at least 4 members (excludes halogenated alkanes) is 1. The molecule has 7 atom stereocenters. The largest absolute Gasteiger partial charge is 0.494 e. The Balaban J connectivity index is 1.86. The van der Waals surface area contributed by atoms with Crippen LogP contribution in [0.2, 0.25) is 0 Å². The average Bonchev–Trinajstić information content (AvgIpc) is 0.690. The number of hydrogen-bond acceptors (Lipinski definition) is 9. The van der Waals surface area contributed by atoms with E-state index in [4.69, 9.17) is 38.9 Å². The molecule has 0 aliphatic heterocycles. The van der Waals surface area contributed by atoms with Gasteiger partial charge in [0.15, 0.2) is 11.5 Å². The SMILES string of the molecule is COc1ccc(CO[C@@H]([C@@H](C)/C=C\CCCOC(=O)C(C)(C)C)[C@@H](C)/C=C\CC[C@@H](OCc2ccc(OCCCC(F)(F)C(F)(F)C(F)(F)C(F)(F)C(F)(F)C(F)(F)C(F)(F)C(F)(F)C(F)(F)C(F)(F)F)cc2)[C@H](C)[C@@H](OC(N)=O)[C@@H](C)/C=C\c2ccccc2)cc1OC. The molecule has 10 nitrogen and oxygen atoms in total. The number of amides is 1. The van der Waals surface area contributed by atoms with Crippen LogP contribution >= 0.6 is 0 Å². The van der Waals surface area contributed by atoms with Gasteiger partial charge in [-0.2, -0.15) is 92.2 Å². The molecule has 94 heavy (non-hydrogen) atoms. The molecular weight excluding hydrogens is 1310 g/mol. The Morgan fingerprint density at radius 1 is 0.521 bits per heavy atom. The summed E-state index contributed by atoms with van der Waals surface area (Å²) in [6.07, 6.45) is -2.38. The van der Waals surface area contributed by atoms with Crippen molar-refractivity contribution in [1.29, 1.82) is 0 Å². The zero-order valence-corrected chi connectivity index (χ0v) is 52.2. The summed E-state index contributed by atoms with van der Waals surface area (Å²) in [6.45, 7) is 11.7. The van der Waals surface area contributed by atoms with E-state index >= 15 is 0 Å². The Morgan fingerprint density at radius 3 is 1.50 bits per heavy atom. The predicted octanol–water partition coefficient (Wildman–Crippen LogP) is 18.6. The highest BCUT2D eigenvalue weighted by Crippen LogP contribution is 2.66. The maximum Gasteiger partial charge on any atom is 0.460 e. The molecule has 0 unspecified atom stereocenters. The predicted molar refractivity (Wildman–Crippen MR) is 302 cm³/mol. The molecule has 0 aliphatic carbocycles. The third-order valence-corrected chi connectivity index (χ3v) is 14.9. The van der Waals surface area contributed by atoms with Crippen molar-refractivity contribution >= 4 is 18.1 Å². The molecule has 0 aliphatic rings. The first-order valence-electron chi connectivity index (χ1n) is 28.9. The van der Waals surface area contributed by atoms with Gasteiger partial charge < -0.3 is 38.9 Å². The van der Waals surface area contributed by atoms with Crippen LogP contribution in [0.15, 0.2) is 103 Å². The van der Waals surface area contributed by atoms with Crippen LogP contribution in [-0.2, 0) is 37.0 Å². The number of carbonyl (C=O) groups excluding carboxylic acids is 2. The maximum absolute atomic E-state index is 14.7. The first kappa shape index (κ1) is 81.7. The molecule has 2 N–H and O–H groups in total. The number of alkyl halides is 21. The van der Waals surface area contributed by atoms with Gasteiger partial charge in [-0.05, 0) is 93.8 Å². The molecule has 0 aromatic heterocycles. The Kier molecular flexibility index (Phi) is 28.2. The fourth-order valence-electron chi connectivity index (χ4n) is 9.22. The lowest BCUT2D eigenvalue weighted by atomic mass is 9.85. The molecule has 0 saturated carbocycles. The zero-order valence-electron chi connectivity index (χ0n) is 52.2. The molecule has 0 saturated heterocycles. The van der Waals surface area contributed by atoms with Gasteiger partial charge in [0, 0.05) is 30.1 Å². The summed E-state index contributed by atoms with van der Waals surface area (Å²) in [4.78, 5) is 24.6. The molecule has 3 rings (SSSR count). The highest BCUT2D eigenvalue weighted by Gasteiger charge is 2.97. The maximum atomic E-state index is 14.7. The van der Waals surface area contributed by atoms with Crippen molar-refractivity contribution in [2.24, 2.45) is 34.8 Å². The van der Waals surface area contributed by atoms with Crippen LogP contribution in [0.25, 0.3) is 6.08 Å². The highest BCUT2D eigenvalue weighted by atomic mass is 19.4. The number of halogens is 21. The van der Waals surface area contributed by atoms with E-state index in [9.17, 15) is 102 Å². The van der Waals surface area contributed by atoms with Crippen LogP contribution in [0, 0.1) is 29.1 Å². The van der Waals surface area contributed by atoms with Gasteiger partial charge in [0.25, 0.3) is 0 Å². The van der Waals surface area contributed by atoms with Crippen molar-refractivity contribution in [3.63, 3.8) is 0 Å². The second-order valence-corrected chi connectivity index (χ2v) is 23.3. The summed E-state index contributed by atoms with van der Waals surface area (Å²) in [5.41, 5.74) is 6.87. The minimum absolute atomic E-state index is 0.159. The molecule has 3 aromatic rings. The van der Waals surface area contributed by atoms with E-state index in [1.165, 1.54) is 26.4 Å². The van der Waals surface area contributed by atoms with Crippen LogP contribution in [0.5, 0.6) is 17.2 Å². The number of methoxy groups -OCH3 is 2. The van der Waals surface area contributed by atoms with E-state index in [1.807, 2.05) is 74.5 Å². The number of esters is 1. The topological polar surface area (TPSA) is 125 Å². The van der Waals surface area contributed by atoms with Crippen molar-refractivity contribution in [2.75, 3.05) is 27.4 Å². The Bertz CT molecular complexity index is 2950. The summed E-state index contributed by atoms with van der Waals surface area (Å²) in [7, 11) is 3.00. The number of carbonyl (C=O) groups is 2. The zero-order chi connectivity index (χ0) is 71.9. The third-order valence-electron chi connectivity index (χ3n) is 14.9. The van der Waals surface area contributed by atoms with Crippen LogP contribution < -0.4 is 19.9 Å². The molecule has 0 bridgehead atoms. The Morgan fingerprint density at radius 2 is 1.00 bits per heavy atom. The van der Waals surface area contributed by atoms with E-state index in [1.54, 1.807) is 58.9 Å². The molecule has 0 radical (unpaired) electrons.